The average Bonchev–Trinajstić information content (AvgIpc) is 2.75. The number of thiazole rings is 1. The van der Waals surface area contributed by atoms with Crippen molar-refractivity contribution in [3.8, 4) is 0 Å². The number of alkyl halides is 3. The molecule has 3 rings (SSSR count). The molecule has 1 N–H and O–H groups in total. The van der Waals surface area contributed by atoms with Crippen LogP contribution in [0.5, 0.6) is 0 Å². The monoisotopic (exact) mass is 315 g/mol. The van der Waals surface area contributed by atoms with Gasteiger partial charge in [-0.1, -0.05) is 18.3 Å². The largest absolute Gasteiger partial charge is 0.416 e. The average molecular weight is 315 g/mol. The van der Waals surface area contributed by atoms with E-state index in [0.29, 0.717) is 21.6 Å². The lowest BCUT2D eigenvalue weighted by atomic mass is 9.95. The minimum Gasteiger partial charge on any atom is -0.317 e. The summed E-state index contributed by atoms with van der Waals surface area (Å²) in [7, 11) is 1.93. The first-order valence-electron chi connectivity index (χ1n) is 6.82. The van der Waals surface area contributed by atoms with E-state index in [1.165, 1.54) is 12.1 Å². The lowest BCUT2D eigenvalue weighted by Gasteiger charge is -2.32. The van der Waals surface area contributed by atoms with Crippen LogP contribution in [-0.4, -0.2) is 23.1 Å². The number of rotatable bonds is 2. The van der Waals surface area contributed by atoms with E-state index in [9.17, 15) is 13.2 Å². The van der Waals surface area contributed by atoms with E-state index >= 15 is 0 Å². The molecule has 0 spiro atoms. The van der Waals surface area contributed by atoms with E-state index in [0.717, 1.165) is 29.8 Å². The molecular weight excluding hydrogens is 299 g/mol. The second kappa shape index (κ2) is 4.84. The van der Waals surface area contributed by atoms with Gasteiger partial charge in [-0.25, -0.2) is 0 Å². The van der Waals surface area contributed by atoms with Gasteiger partial charge < -0.3 is 4.57 Å². The number of hydrogen-bond donors (Lipinski definition) is 1. The third-order valence-corrected chi connectivity index (χ3v) is 5.11. The number of aryl methyl sites for hydroxylation is 1. The first-order valence-corrected chi connectivity index (χ1v) is 7.64. The minimum absolute atomic E-state index is 0.0196. The highest BCUT2D eigenvalue weighted by Crippen LogP contribution is 2.40. The maximum Gasteiger partial charge on any atom is 0.416 e. The SMILES string of the molecule is CCN(C)[C@@H]1CCn2c(=N)sc3cc(C(F)(F)F)cc1c32. The molecule has 114 valence electrons. The Labute approximate surface area is 124 Å². The van der Waals surface area contributed by atoms with Crippen molar-refractivity contribution in [1.82, 2.24) is 9.47 Å². The maximum absolute atomic E-state index is 13.1. The highest BCUT2D eigenvalue weighted by Gasteiger charge is 2.34. The van der Waals surface area contributed by atoms with Crippen molar-refractivity contribution in [2.24, 2.45) is 0 Å². The Hall–Kier alpha value is -1.34. The van der Waals surface area contributed by atoms with E-state index < -0.39 is 11.7 Å². The Morgan fingerprint density at radius 1 is 1.43 bits per heavy atom. The lowest BCUT2D eigenvalue weighted by molar-refractivity contribution is -0.137. The molecular formula is C14H16F3N3S. The van der Waals surface area contributed by atoms with Gasteiger partial charge >= 0.3 is 6.18 Å². The van der Waals surface area contributed by atoms with Crippen LogP contribution in [0, 0.1) is 5.41 Å². The summed E-state index contributed by atoms with van der Waals surface area (Å²) in [5.41, 5.74) is 0.884. The van der Waals surface area contributed by atoms with Crippen LogP contribution < -0.4 is 4.80 Å². The fraction of sp³-hybridized carbons (Fsp3) is 0.500. The fourth-order valence-corrected chi connectivity index (χ4v) is 3.98. The van der Waals surface area contributed by atoms with Gasteiger partial charge in [-0.2, -0.15) is 13.2 Å². The zero-order chi connectivity index (χ0) is 15.4. The lowest BCUT2D eigenvalue weighted by Crippen LogP contribution is -2.30. The van der Waals surface area contributed by atoms with Gasteiger partial charge in [0.15, 0.2) is 4.80 Å². The molecule has 21 heavy (non-hydrogen) atoms. The predicted octanol–water partition coefficient (Wildman–Crippen LogP) is 3.60. The van der Waals surface area contributed by atoms with Gasteiger partial charge in [0, 0.05) is 12.6 Å². The van der Waals surface area contributed by atoms with Crippen molar-refractivity contribution >= 4 is 21.6 Å². The predicted molar refractivity (Wildman–Crippen MR) is 76.3 cm³/mol. The summed E-state index contributed by atoms with van der Waals surface area (Å²) in [4.78, 5) is 2.39. The molecule has 0 unspecified atom stereocenters. The summed E-state index contributed by atoms with van der Waals surface area (Å²) < 4.78 is 41.7. The van der Waals surface area contributed by atoms with Gasteiger partial charge in [-0.05, 0) is 37.7 Å². The van der Waals surface area contributed by atoms with Gasteiger partial charge in [0.2, 0.25) is 0 Å². The van der Waals surface area contributed by atoms with Crippen LogP contribution in [0.1, 0.15) is 30.5 Å². The van der Waals surface area contributed by atoms with Crippen molar-refractivity contribution in [2.45, 2.75) is 32.1 Å². The standard InChI is InChI=1S/C14H16F3N3S/c1-3-19(2)10-4-5-20-12-9(10)6-8(14(15,16)17)7-11(12)21-13(20)18/h6-7,10,18H,3-5H2,1-2H3/t10-/m1/s1. The van der Waals surface area contributed by atoms with Gasteiger partial charge in [0.05, 0.1) is 15.8 Å². The molecule has 1 aromatic carbocycles. The van der Waals surface area contributed by atoms with E-state index in [1.807, 2.05) is 18.5 Å². The molecule has 7 heteroatoms. The number of hydrogen-bond acceptors (Lipinski definition) is 3. The molecule has 2 aromatic rings. The Morgan fingerprint density at radius 2 is 2.14 bits per heavy atom. The number of halogens is 3. The minimum atomic E-state index is -4.35. The third-order valence-electron chi connectivity index (χ3n) is 4.17. The van der Waals surface area contributed by atoms with Crippen LogP contribution in [0.3, 0.4) is 0 Å². The molecule has 1 aliphatic heterocycles. The molecule has 3 nitrogen and oxygen atoms in total. The number of nitrogens with zero attached hydrogens (tertiary/aromatic N) is 2. The van der Waals surface area contributed by atoms with Crippen LogP contribution in [-0.2, 0) is 12.7 Å². The highest BCUT2D eigenvalue weighted by atomic mass is 32.1. The maximum atomic E-state index is 13.1. The zero-order valence-corrected chi connectivity index (χ0v) is 12.6. The van der Waals surface area contributed by atoms with Gasteiger partial charge in [-0.3, -0.25) is 10.3 Å². The molecule has 0 bridgehead atoms. The fourth-order valence-electron chi connectivity index (χ4n) is 2.97. The molecule has 0 amide bonds. The number of benzene rings is 1. The van der Waals surface area contributed by atoms with E-state index in [4.69, 9.17) is 5.41 Å². The third kappa shape index (κ3) is 2.28. The molecule has 0 saturated carbocycles. The Morgan fingerprint density at radius 3 is 2.76 bits per heavy atom. The Bertz CT molecular complexity index is 744. The van der Waals surface area contributed by atoms with Gasteiger partial charge in [-0.15, -0.1) is 0 Å². The van der Waals surface area contributed by atoms with Gasteiger partial charge in [0.25, 0.3) is 0 Å². The van der Waals surface area contributed by atoms with E-state index in [-0.39, 0.29) is 6.04 Å². The van der Waals surface area contributed by atoms with Crippen molar-refractivity contribution in [3.05, 3.63) is 28.1 Å². The van der Waals surface area contributed by atoms with E-state index in [1.54, 1.807) is 0 Å². The van der Waals surface area contributed by atoms with Crippen LogP contribution in [0.15, 0.2) is 12.1 Å². The number of nitrogens with one attached hydrogen (secondary N) is 1. The summed E-state index contributed by atoms with van der Waals surface area (Å²) in [6.45, 7) is 3.46. The van der Waals surface area contributed by atoms with Crippen LogP contribution >= 0.6 is 11.3 Å². The summed E-state index contributed by atoms with van der Waals surface area (Å²) >= 11 is 1.12. The number of aromatic nitrogens is 1. The molecule has 0 aliphatic carbocycles. The molecule has 0 radical (unpaired) electrons. The summed E-state index contributed by atoms with van der Waals surface area (Å²) in [5.74, 6) is 0. The molecule has 1 atom stereocenters. The van der Waals surface area contributed by atoms with E-state index in [2.05, 4.69) is 4.90 Å². The smallest absolute Gasteiger partial charge is 0.317 e. The van der Waals surface area contributed by atoms with Crippen molar-refractivity contribution in [1.29, 1.82) is 5.41 Å². The molecule has 1 aliphatic rings. The van der Waals surface area contributed by atoms with Gasteiger partial charge in [0.1, 0.15) is 0 Å². The van der Waals surface area contributed by atoms with Crippen molar-refractivity contribution in [2.75, 3.05) is 13.6 Å². The van der Waals surface area contributed by atoms with Crippen LogP contribution in [0.2, 0.25) is 0 Å². The van der Waals surface area contributed by atoms with Crippen LogP contribution in [0.4, 0.5) is 13.2 Å². The first kappa shape index (κ1) is 14.6. The second-order valence-corrected chi connectivity index (χ2v) is 6.38. The Kier molecular flexibility index (Phi) is 3.37. The second-order valence-electron chi connectivity index (χ2n) is 5.35. The molecule has 1 aromatic heterocycles. The quantitative estimate of drug-likeness (QED) is 0.902. The topological polar surface area (TPSA) is 32.0 Å². The first-order chi connectivity index (χ1) is 9.82. The normalized spacial score (nSPS) is 18.7. The van der Waals surface area contributed by atoms with Crippen LogP contribution in [0.25, 0.3) is 10.2 Å². The van der Waals surface area contributed by atoms with Crippen molar-refractivity contribution in [3.63, 3.8) is 0 Å². The highest BCUT2D eigenvalue weighted by molar-refractivity contribution is 7.16. The summed E-state index contributed by atoms with van der Waals surface area (Å²) in [5, 5.41) is 7.96. The zero-order valence-electron chi connectivity index (χ0n) is 11.8. The molecule has 0 fully saturated rings. The Balaban J connectivity index is 2.31. The summed E-state index contributed by atoms with van der Waals surface area (Å²) in [6, 6.07) is 2.42. The molecule has 2 heterocycles. The summed E-state index contributed by atoms with van der Waals surface area (Å²) in [6.07, 6.45) is -3.62. The molecule has 0 saturated heterocycles. The van der Waals surface area contributed by atoms with Crippen molar-refractivity contribution < 1.29 is 13.2 Å².